The van der Waals surface area contributed by atoms with Crippen LogP contribution in [0.25, 0.3) is 0 Å². The number of hydrogen-bond donors (Lipinski definition) is 0. The second-order valence-electron chi connectivity index (χ2n) is 4.64. The highest BCUT2D eigenvalue weighted by molar-refractivity contribution is 6.63. The normalized spacial score (nSPS) is 21.6. The molecule has 1 aliphatic rings. The lowest BCUT2D eigenvalue weighted by atomic mass is 10.1. The first-order valence-electron chi connectivity index (χ1n) is 5.00. The van der Waals surface area contributed by atoms with Gasteiger partial charge in [-0.1, -0.05) is 0 Å². The van der Waals surface area contributed by atoms with Gasteiger partial charge in [-0.3, -0.25) is 4.79 Å². The maximum absolute atomic E-state index is 11.7. The molecule has 0 saturated carbocycles. The molecular weight excluding hydrogens is 218 g/mol. The summed E-state index contributed by atoms with van der Waals surface area (Å²) in [7, 11) is 0. The van der Waals surface area contributed by atoms with Gasteiger partial charge in [-0.2, -0.15) is 0 Å². The van der Waals surface area contributed by atoms with Crippen molar-refractivity contribution >= 4 is 22.9 Å². The molecule has 4 nitrogen and oxygen atoms in total. The maximum Gasteiger partial charge on any atom is 0.329 e. The molecule has 1 fully saturated rings. The number of halogens is 1. The Kier molecular flexibility index (Phi) is 3.60. The molecule has 1 saturated heterocycles. The van der Waals surface area contributed by atoms with Crippen LogP contribution in [0.1, 0.15) is 33.6 Å². The van der Waals surface area contributed by atoms with Crippen molar-refractivity contribution in [2.75, 3.05) is 6.54 Å². The number of carbonyl (C=O) groups excluding carboxylic acids is 2. The van der Waals surface area contributed by atoms with Gasteiger partial charge in [0.1, 0.15) is 11.6 Å². The van der Waals surface area contributed by atoms with Crippen LogP contribution in [-0.2, 0) is 9.53 Å². The van der Waals surface area contributed by atoms with Crippen LogP contribution in [0, 0.1) is 0 Å². The molecule has 0 N–H and O–H groups in total. The summed E-state index contributed by atoms with van der Waals surface area (Å²) < 4.78 is 5.21. The summed E-state index contributed by atoms with van der Waals surface area (Å²) in [6.07, 6.45) is 1.43. The van der Waals surface area contributed by atoms with Crippen LogP contribution in [-0.4, -0.2) is 34.4 Å². The smallest absolute Gasteiger partial charge is 0.329 e. The minimum Gasteiger partial charge on any atom is -0.458 e. The van der Waals surface area contributed by atoms with Crippen LogP contribution in [0.5, 0.6) is 0 Å². The number of carbonyl (C=O) groups is 2. The fourth-order valence-electron chi connectivity index (χ4n) is 1.59. The molecule has 1 heterocycles. The number of amides is 1. The van der Waals surface area contributed by atoms with Crippen LogP contribution >= 0.6 is 11.6 Å². The van der Waals surface area contributed by atoms with E-state index < -0.39 is 17.0 Å². The number of rotatable bonds is 1. The Hall–Kier alpha value is -0.770. The Labute approximate surface area is 94.5 Å². The van der Waals surface area contributed by atoms with Crippen molar-refractivity contribution in [2.24, 2.45) is 0 Å². The molecule has 0 aromatic carbocycles. The van der Waals surface area contributed by atoms with Crippen molar-refractivity contribution in [3.05, 3.63) is 0 Å². The molecule has 1 atom stereocenters. The average molecular weight is 234 g/mol. The van der Waals surface area contributed by atoms with Gasteiger partial charge >= 0.3 is 11.3 Å². The molecule has 0 bridgehead atoms. The molecule has 0 aromatic heterocycles. The van der Waals surface area contributed by atoms with Gasteiger partial charge < -0.3 is 9.64 Å². The Balaban J connectivity index is 2.63. The van der Waals surface area contributed by atoms with E-state index in [2.05, 4.69) is 0 Å². The third-order valence-corrected chi connectivity index (χ3v) is 2.37. The lowest BCUT2D eigenvalue weighted by Crippen LogP contribution is -2.41. The highest BCUT2D eigenvalue weighted by atomic mass is 35.5. The fourth-order valence-corrected chi connectivity index (χ4v) is 1.79. The summed E-state index contributed by atoms with van der Waals surface area (Å²) in [5, 5.41) is -0.580. The Morgan fingerprint density at radius 1 is 1.40 bits per heavy atom. The van der Waals surface area contributed by atoms with E-state index in [9.17, 15) is 9.59 Å². The molecule has 1 aliphatic heterocycles. The summed E-state index contributed by atoms with van der Waals surface area (Å²) >= 11 is 5.37. The molecular formula is C10H16ClNO3. The van der Waals surface area contributed by atoms with Crippen LogP contribution < -0.4 is 0 Å². The molecule has 0 aromatic rings. The van der Waals surface area contributed by atoms with Gasteiger partial charge in [0, 0.05) is 6.54 Å². The monoisotopic (exact) mass is 233 g/mol. The molecule has 86 valence electrons. The van der Waals surface area contributed by atoms with Crippen molar-refractivity contribution in [3.63, 3.8) is 0 Å². The van der Waals surface area contributed by atoms with Crippen molar-refractivity contribution in [3.8, 4) is 0 Å². The van der Waals surface area contributed by atoms with E-state index >= 15 is 0 Å². The Bertz CT molecular complexity index is 272. The highest BCUT2D eigenvalue weighted by Crippen LogP contribution is 2.22. The molecule has 5 heteroatoms. The second kappa shape index (κ2) is 4.39. The number of nitrogens with zero attached hydrogens (tertiary/aromatic N) is 1. The zero-order valence-corrected chi connectivity index (χ0v) is 10.0. The number of hydrogen-bond acceptors (Lipinski definition) is 3. The third kappa shape index (κ3) is 3.38. The van der Waals surface area contributed by atoms with Crippen molar-refractivity contribution in [2.45, 2.75) is 45.3 Å². The Morgan fingerprint density at radius 3 is 2.47 bits per heavy atom. The standard InChI is InChI=1S/C10H16ClNO3/c1-10(2,3)15-8(13)7-5-4-6-12(7)9(11)14/h7H,4-6H2,1-3H3/t7-/m0/s1. The van der Waals surface area contributed by atoms with Crippen LogP contribution in [0.4, 0.5) is 4.79 Å². The zero-order chi connectivity index (χ0) is 11.6. The first-order valence-corrected chi connectivity index (χ1v) is 5.38. The van der Waals surface area contributed by atoms with Crippen molar-refractivity contribution in [1.29, 1.82) is 0 Å². The van der Waals surface area contributed by atoms with E-state index in [1.807, 2.05) is 0 Å². The van der Waals surface area contributed by atoms with E-state index in [0.29, 0.717) is 13.0 Å². The summed E-state index contributed by atoms with van der Waals surface area (Å²) in [5.74, 6) is -0.367. The minimum atomic E-state index is -0.580. The van der Waals surface area contributed by atoms with Gasteiger partial charge in [0.05, 0.1) is 0 Å². The Morgan fingerprint density at radius 2 is 2.00 bits per heavy atom. The quantitative estimate of drug-likeness (QED) is 0.396. The summed E-state index contributed by atoms with van der Waals surface area (Å²) in [4.78, 5) is 24.1. The van der Waals surface area contributed by atoms with Gasteiger partial charge in [-0.05, 0) is 45.2 Å². The van der Waals surface area contributed by atoms with Gasteiger partial charge in [-0.25, -0.2) is 4.79 Å². The average Bonchev–Trinajstić information content (AvgIpc) is 2.47. The SMILES string of the molecule is CC(C)(C)OC(=O)[C@@H]1CCCN1C(=O)Cl. The van der Waals surface area contributed by atoms with E-state index in [4.69, 9.17) is 16.3 Å². The summed E-state index contributed by atoms with van der Waals surface area (Å²) in [6, 6.07) is -0.505. The first-order chi connectivity index (χ1) is 6.81. The topological polar surface area (TPSA) is 46.6 Å². The summed E-state index contributed by atoms with van der Waals surface area (Å²) in [6.45, 7) is 5.93. The molecule has 1 rings (SSSR count). The first kappa shape index (κ1) is 12.3. The second-order valence-corrected chi connectivity index (χ2v) is 4.96. The molecule has 0 unspecified atom stereocenters. The van der Waals surface area contributed by atoms with Crippen molar-refractivity contribution in [1.82, 2.24) is 4.90 Å². The van der Waals surface area contributed by atoms with Crippen molar-refractivity contribution < 1.29 is 14.3 Å². The van der Waals surface area contributed by atoms with Crippen LogP contribution in [0.15, 0.2) is 0 Å². The van der Waals surface area contributed by atoms with Gasteiger partial charge in [-0.15, -0.1) is 0 Å². The van der Waals surface area contributed by atoms with E-state index in [1.54, 1.807) is 20.8 Å². The van der Waals surface area contributed by atoms with E-state index in [1.165, 1.54) is 4.90 Å². The van der Waals surface area contributed by atoms with Gasteiger partial charge in [0.2, 0.25) is 0 Å². The van der Waals surface area contributed by atoms with E-state index in [-0.39, 0.29) is 5.97 Å². The molecule has 0 radical (unpaired) electrons. The minimum absolute atomic E-state index is 0.367. The maximum atomic E-state index is 11.7. The van der Waals surface area contributed by atoms with Gasteiger partial charge in [0.25, 0.3) is 0 Å². The molecule has 0 spiro atoms. The van der Waals surface area contributed by atoms with Gasteiger partial charge in [0.15, 0.2) is 0 Å². The summed E-state index contributed by atoms with van der Waals surface area (Å²) in [5.41, 5.74) is -0.527. The molecule has 1 amide bonds. The van der Waals surface area contributed by atoms with Crippen LogP contribution in [0.2, 0.25) is 0 Å². The molecule has 15 heavy (non-hydrogen) atoms. The predicted molar refractivity (Wildman–Crippen MR) is 56.8 cm³/mol. The van der Waals surface area contributed by atoms with Crippen LogP contribution in [0.3, 0.4) is 0 Å². The highest BCUT2D eigenvalue weighted by Gasteiger charge is 2.36. The lowest BCUT2D eigenvalue weighted by Gasteiger charge is -2.25. The lowest BCUT2D eigenvalue weighted by molar-refractivity contribution is -0.159. The fraction of sp³-hybridized carbons (Fsp3) is 0.800. The predicted octanol–water partition coefficient (Wildman–Crippen LogP) is 2.15. The number of likely N-dealkylation sites (tertiary alicyclic amines) is 1. The largest absolute Gasteiger partial charge is 0.458 e. The number of ether oxygens (including phenoxy) is 1. The molecule has 0 aliphatic carbocycles. The zero-order valence-electron chi connectivity index (χ0n) is 9.25. The van der Waals surface area contributed by atoms with E-state index in [0.717, 1.165) is 6.42 Å². The third-order valence-electron chi connectivity index (χ3n) is 2.16. The number of esters is 1.